The zero-order valence-corrected chi connectivity index (χ0v) is 15.5. The van der Waals surface area contributed by atoms with Gasteiger partial charge in [-0.1, -0.05) is 29.8 Å². The largest absolute Gasteiger partial charge is 0.378 e. The molecule has 0 radical (unpaired) electrons. The predicted octanol–water partition coefficient (Wildman–Crippen LogP) is 3.21. The lowest BCUT2D eigenvalue weighted by Gasteiger charge is -2.29. The lowest BCUT2D eigenvalue weighted by Crippen LogP contribution is -2.37. The molecule has 0 saturated carbocycles. The molecule has 6 heteroatoms. The van der Waals surface area contributed by atoms with Crippen molar-refractivity contribution < 1.29 is 9.53 Å². The zero-order valence-electron chi connectivity index (χ0n) is 14.8. The standard InChI is InChI=1S/C20H24ClN3O2/c21-18-8-6-16(7-9-18)3-1-5-19(25)23-15-17-4-2-10-22-20(17)24-11-13-26-14-12-24/h2,4,6-10H,1,3,5,11-15H2,(H,23,25). The molecule has 0 atom stereocenters. The van der Waals surface area contributed by atoms with Gasteiger partial charge in [-0.25, -0.2) is 4.98 Å². The number of rotatable bonds is 7. The lowest BCUT2D eigenvalue weighted by molar-refractivity contribution is -0.121. The molecule has 2 aromatic rings. The van der Waals surface area contributed by atoms with E-state index in [1.54, 1.807) is 6.20 Å². The first kappa shape index (κ1) is 18.7. The highest BCUT2D eigenvalue weighted by molar-refractivity contribution is 6.30. The summed E-state index contributed by atoms with van der Waals surface area (Å²) < 4.78 is 5.40. The van der Waals surface area contributed by atoms with E-state index in [2.05, 4.69) is 15.2 Å². The number of morpholine rings is 1. The molecule has 5 nitrogen and oxygen atoms in total. The molecule has 3 rings (SSSR count). The molecule has 1 aliphatic heterocycles. The number of amides is 1. The Morgan fingerprint density at radius 3 is 2.73 bits per heavy atom. The summed E-state index contributed by atoms with van der Waals surface area (Å²) in [6.45, 7) is 3.60. The first-order chi connectivity index (χ1) is 12.7. The second-order valence-corrected chi connectivity index (χ2v) is 6.78. The van der Waals surface area contributed by atoms with Crippen LogP contribution in [0.2, 0.25) is 5.02 Å². The van der Waals surface area contributed by atoms with Crippen molar-refractivity contribution >= 4 is 23.3 Å². The molecule has 1 N–H and O–H groups in total. The van der Waals surface area contributed by atoms with Crippen LogP contribution in [0.3, 0.4) is 0 Å². The van der Waals surface area contributed by atoms with Gasteiger partial charge in [-0.3, -0.25) is 4.79 Å². The quantitative estimate of drug-likeness (QED) is 0.809. The third-order valence-corrected chi connectivity index (χ3v) is 4.69. The fourth-order valence-corrected chi connectivity index (χ4v) is 3.14. The number of nitrogens with zero attached hydrogens (tertiary/aromatic N) is 2. The Bertz CT molecular complexity index is 715. The fourth-order valence-electron chi connectivity index (χ4n) is 3.01. The van der Waals surface area contributed by atoms with Gasteiger partial charge in [0.05, 0.1) is 13.2 Å². The summed E-state index contributed by atoms with van der Waals surface area (Å²) in [6.07, 6.45) is 3.99. The van der Waals surface area contributed by atoms with E-state index in [-0.39, 0.29) is 5.91 Å². The number of carbonyl (C=O) groups is 1. The Hall–Kier alpha value is -2.11. The Morgan fingerprint density at radius 2 is 1.96 bits per heavy atom. The van der Waals surface area contributed by atoms with E-state index >= 15 is 0 Å². The van der Waals surface area contributed by atoms with E-state index in [0.29, 0.717) is 26.2 Å². The highest BCUT2D eigenvalue weighted by Crippen LogP contribution is 2.18. The summed E-state index contributed by atoms with van der Waals surface area (Å²) in [5.41, 5.74) is 2.24. The second-order valence-electron chi connectivity index (χ2n) is 6.34. The summed E-state index contributed by atoms with van der Waals surface area (Å²) >= 11 is 5.88. The van der Waals surface area contributed by atoms with Crippen LogP contribution in [0.25, 0.3) is 0 Å². The van der Waals surface area contributed by atoms with Gasteiger partial charge in [0.1, 0.15) is 5.82 Å². The number of aromatic nitrogens is 1. The van der Waals surface area contributed by atoms with Crippen LogP contribution < -0.4 is 10.2 Å². The van der Waals surface area contributed by atoms with Gasteiger partial charge < -0.3 is 15.0 Å². The van der Waals surface area contributed by atoms with Crippen molar-refractivity contribution in [1.82, 2.24) is 10.3 Å². The third kappa shape index (κ3) is 5.44. The molecule has 1 fully saturated rings. The summed E-state index contributed by atoms with van der Waals surface area (Å²) in [5, 5.41) is 3.75. The lowest BCUT2D eigenvalue weighted by atomic mass is 10.1. The first-order valence-electron chi connectivity index (χ1n) is 9.00. The number of benzene rings is 1. The molecule has 2 heterocycles. The molecular weight excluding hydrogens is 350 g/mol. The maximum Gasteiger partial charge on any atom is 0.220 e. The molecule has 1 aromatic heterocycles. The number of carbonyl (C=O) groups excluding carboxylic acids is 1. The van der Waals surface area contributed by atoms with Gasteiger partial charge in [0, 0.05) is 42.8 Å². The maximum absolute atomic E-state index is 12.2. The van der Waals surface area contributed by atoms with Crippen LogP contribution in [0.1, 0.15) is 24.0 Å². The third-order valence-electron chi connectivity index (χ3n) is 4.44. The summed E-state index contributed by atoms with van der Waals surface area (Å²) in [5.74, 6) is 1.01. The van der Waals surface area contributed by atoms with Gasteiger partial charge in [-0.05, 0) is 36.6 Å². The van der Waals surface area contributed by atoms with E-state index in [4.69, 9.17) is 16.3 Å². The minimum atomic E-state index is 0.0655. The number of ether oxygens (including phenoxy) is 1. The SMILES string of the molecule is O=C(CCCc1ccc(Cl)cc1)NCc1cccnc1N1CCOCC1. The molecule has 1 aliphatic rings. The fraction of sp³-hybridized carbons (Fsp3) is 0.400. The van der Waals surface area contributed by atoms with Gasteiger partial charge in [-0.15, -0.1) is 0 Å². The van der Waals surface area contributed by atoms with Crippen LogP contribution in [0, 0.1) is 0 Å². The zero-order chi connectivity index (χ0) is 18.2. The Morgan fingerprint density at radius 1 is 1.19 bits per heavy atom. The van der Waals surface area contributed by atoms with Crippen molar-refractivity contribution in [3.63, 3.8) is 0 Å². The number of aryl methyl sites for hydroxylation is 1. The molecule has 26 heavy (non-hydrogen) atoms. The molecule has 1 aromatic carbocycles. The van der Waals surface area contributed by atoms with Crippen LogP contribution in [-0.4, -0.2) is 37.2 Å². The first-order valence-corrected chi connectivity index (χ1v) is 9.38. The van der Waals surface area contributed by atoms with Crippen LogP contribution >= 0.6 is 11.6 Å². The average molecular weight is 374 g/mol. The number of anilines is 1. The second kappa shape index (κ2) is 9.55. The van der Waals surface area contributed by atoms with Gasteiger partial charge in [-0.2, -0.15) is 0 Å². The van der Waals surface area contributed by atoms with Crippen LogP contribution in [0.4, 0.5) is 5.82 Å². The molecule has 138 valence electrons. The number of hydrogen-bond acceptors (Lipinski definition) is 4. The van der Waals surface area contributed by atoms with Gasteiger partial charge in [0.15, 0.2) is 0 Å². The van der Waals surface area contributed by atoms with E-state index < -0.39 is 0 Å². The Balaban J connectivity index is 1.46. The molecule has 1 amide bonds. The van der Waals surface area contributed by atoms with E-state index in [9.17, 15) is 4.79 Å². The average Bonchev–Trinajstić information content (AvgIpc) is 2.69. The van der Waals surface area contributed by atoms with Crippen LogP contribution in [0.15, 0.2) is 42.6 Å². The Labute approximate surface area is 159 Å². The molecule has 1 saturated heterocycles. The highest BCUT2D eigenvalue weighted by Gasteiger charge is 2.16. The van der Waals surface area contributed by atoms with E-state index in [1.807, 2.05) is 36.4 Å². The van der Waals surface area contributed by atoms with Crippen molar-refractivity contribution in [3.8, 4) is 0 Å². The number of hydrogen-bond donors (Lipinski definition) is 1. The molecule has 0 spiro atoms. The molecular formula is C20H24ClN3O2. The Kier molecular flexibility index (Phi) is 6.86. The smallest absolute Gasteiger partial charge is 0.220 e. The van der Waals surface area contributed by atoms with Crippen molar-refractivity contribution in [1.29, 1.82) is 0 Å². The van der Waals surface area contributed by atoms with Crippen molar-refractivity contribution in [3.05, 3.63) is 58.7 Å². The van der Waals surface area contributed by atoms with Crippen LogP contribution in [0.5, 0.6) is 0 Å². The maximum atomic E-state index is 12.2. The van der Waals surface area contributed by atoms with Crippen molar-refractivity contribution in [2.24, 2.45) is 0 Å². The van der Waals surface area contributed by atoms with Gasteiger partial charge >= 0.3 is 0 Å². The summed E-state index contributed by atoms with van der Waals surface area (Å²) in [4.78, 5) is 18.9. The highest BCUT2D eigenvalue weighted by atomic mass is 35.5. The number of pyridine rings is 1. The monoisotopic (exact) mass is 373 g/mol. The summed E-state index contributed by atoms with van der Waals surface area (Å²) in [7, 11) is 0. The van der Waals surface area contributed by atoms with E-state index in [0.717, 1.165) is 42.3 Å². The van der Waals surface area contributed by atoms with Gasteiger partial charge in [0.25, 0.3) is 0 Å². The predicted molar refractivity (Wildman–Crippen MR) is 104 cm³/mol. The molecule has 0 aliphatic carbocycles. The van der Waals surface area contributed by atoms with Crippen molar-refractivity contribution in [2.45, 2.75) is 25.8 Å². The van der Waals surface area contributed by atoms with Crippen LogP contribution in [-0.2, 0) is 22.5 Å². The summed E-state index contributed by atoms with van der Waals surface area (Å²) in [6, 6.07) is 11.7. The minimum absolute atomic E-state index is 0.0655. The van der Waals surface area contributed by atoms with Gasteiger partial charge in [0.2, 0.25) is 5.91 Å². The molecule has 0 bridgehead atoms. The minimum Gasteiger partial charge on any atom is -0.378 e. The normalized spacial score (nSPS) is 14.3. The molecule has 0 unspecified atom stereocenters. The van der Waals surface area contributed by atoms with E-state index in [1.165, 1.54) is 5.56 Å². The topological polar surface area (TPSA) is 54.5 Å². The number of halogens is 1. The van der Waals surface area contributed by atoms with Crippen molar-refractivity contribution in [2.75, 3.05) is 31.2 Å². The number of nitrogens with one attached hydrogen (secondary N) is 1.